The summed E-state index contributed by atoms with van der Waals surface area (Å²) in [4.78, 5) is 18.2. The van der Waals surface area contributed by atoms with Gasteiger partial charge in [0.25, 0.3) is 0 Å². The van der Waals surface area contributed by atoms with Gasteiger partial charge in [-0.3, -0.25) is 0 Å². The highest BCUT2D eigenvalue weighted by Gasteiger charge is 2.61. The van der Waals surface area contributed by atoms with E-state index in [0.29, 0.717) is 5.70 Å². The maximum Gasteiger partial charge on any atom is 0.336 e. The Hall–Kier alpha value is -3.33. The fraction of sp³-hybridized carbons (Fsp3) is 0.125. The van der Waals surface area contributed by atoms with Crippen LogP contribution in [0.3, 0.4) is 0 Å². The zero-order valence-corrected chi connectivity index (χ0v) is 15.0. The Morgan fingerprint density at radius 1 is 0.852 bits per heavy atom. The summed E-state index contributed by atoms with van der Waals surface area (Å²) in [5.74, 6) is -0.488. The standard InChI is InChI=1S/C24H21NO2/c1-18(19-11-5-2-6-12-19)25-27-23(26)22-17-24(22,20-13-7-3-8-14-20)21-15-9-4-10-16-21/h2-16,22,25H,1,17H2/t22-/m0/s1. The average Bonchev–Trinajstić information content (AvgIpc) is 3.51. The minimum absolute atomic E-state index is 0.224. The molecule has 27 heavy (non-hydrogen) atoms. The molecular weight excluding hydrogens is 334 g/mol. The van der Waals surface area contributed by atoms with Crippen molar-refractivity contribution in [1.82, 2.24) is 5.48 Å². The highest BCUT2D eigenvalue weighted by atomic mass is 16.7. The molecule has 3 aromatic carbocycles. The van der Waals surface area contributed by atoms with E-state index in [1.54, 1.807) is 0 Å². The van der Waals surface area contributed by atoms with Crippen molar-refractivity contribution in [1.29, 1.82) is 0 Å². The molecule has 1 aliphatic carbocycles. The van der Waals surface area contributed by atoms with Crippen molar-refractivity contribution in [2.24, 2.45) is 5.92 Å². The van der Waals surface area contributed by atoms with Crippen molar-refractivity contribution >= 4 is 11.7 Å². The molecule has 0 amide bonds. The molecule has 1 N–H and O–H groups in total. The lowest BCUT2D eigenvalue weighted by molar-refractivity contribution is -0.150. The van der Waals surface area contributed by atoms with E-state index in [-0.39, 0.29) is 17.3 Å². The van der Waals surface area contributed by atoms with Gasteiger partial charge in [0.1, 0.15) is 0 Å². The van der Waals surface area contributed by atoms with Crippen LogP contribution in [-0.2, 0) is 15.0 Å². The molecule has 0 aromatic heterocycles. The predicted molar refractivity (Wildman–Crippen MR) is 106 cm³/mol. The van der Waals surface area contributed by atoms with Crippen molar-refractivity contribution in [3.63, 3.8) is 0 Å². The molecule has 1 aliphatic rings. The van der Waals surface area contributed by atoms with Gasteiger partial charge in [-0.1, -0.05) is 97.6 Å². The normalized spacial score (nSPS) is 17.0. The van der Waals surface area contributed by atoms with Gasteiger partial charge >= 0.3 is 5.97 Å². The van der Waals surface area contributed by atoms with E-state index in [9.17, 15) is 4.79 Å². The van der Waals surface area contributed by atoms with Crippen LogP contribution >= 0.6 is 0 Å². The monoisotopic (exact) mass is 355 g/mol. The molecule has 1 saturated carbocycles. The molecule has 4 rings (SSSR count). The Morgan fingerprint density at radius 2 is 1.33 bits per heavy atom. The lowest BCUT2D eigenvalue weighted by Gasteiger charge is -2.18. The number of hydrogen-bond donors (Lipinski definition) is 1. The molecule has 3 nitrogen and oxygen atoms in total. The van der Waals surface area contributed by atoms with Gasteiger partial charge in [0.05, 0.1) is 11.6 Å². The SMILES string of the molecule is C=C(NOC(=O)[C@@H]1CC1(c1ccccc1)c1ccccc1)c1ccccc1. The first kappa shape index (κ1) is 17.1. The summed E-state index contributed by atoms with van der Waals surface area (Å²) in [5, 5.41) is 0. The lowest BCUT2D eigenvalue weighted by atomic mass is 9.86. The first-order valence-electron chi connectivity index (χ1n) is 9.04. The van der Waals surface area contributed by atoms with E-state index in [4.69, 9.17) is 4.84 Å². The van der Waals surface area contributed by atoms with Crippen LogP contribution in [0.15, 0.2) is 97.6 Å². The van der Waals surface area contributed by atoms with E-state index in [0.717, 1.165) is 23.1 Å². The lowest BCUT2D eigenvalue weighted by Crippen LogP contribution is -2.24. The zero-order valence-electron chi connectivity index (χ0n) is 15.0. The van der Waals surface area contributed by atoms with Crippen LogP contribution in [0.2, 0.25) is 0 Å². The average molecular weight is 355 g/mol. The summed E-state index contributed by atoms with van der Waals surface area (Å²) in [6.45, 7) is 3.94. The van der Waals surface area contributed by atoms with Gasteiger partial charge in [0.2, 0.25) is 0 Å². The molecule has 0 bridgehead atoms. The van der Waals surface area contributed by atoms with Gasteiger partial charge in [0, 0.05) is 11.0 Å². The molecule has 0 aliphatic heterocycles. The van der Waals surface area contributed by atoms with Crippen LogP contribution in [0.1, 0.15) is 23.1 Å². The van der Waals surface area contributed by atoms with Crippen LogP contribution in [0.4, 0.5) is 0 Å². The molecule has 1 fully saturated rings. The topological polar surface area (TPSA) is 38.3 Å². The minimum Gasteiger partial charge on any atom is -0.343 e. The van der Waals surface area contributed by atoms with Crippen LogP contribution in [0.5, 0.6) is 0 Å². The Balaban J connectivity index is 1.52. The molecule has 0 unspecified atom stereocenters. The van der Waals surface area contributed by atoms with Crippen LogP contribution < -0.4 is 5.48 Å². The van der Waals surface area contributed by atoms with E-state index in [1.807, 2.05) is 66.7 Å². The third-order valence-electron chi connectivity index (χ3n) is 5.22. The first-order valence-corrected chi connectivity index (χ1v) is 9.04. The summed E-state index contributed by atoms with van der Waals surface area (Å²) < 4.78 is 0. The summed E-state index contributed by atoms with van der Waals surface area (Å²) in [6.07, 6.45) is 0.735. The van der Waals surface area contributed by atoms with E-state index in [2.05, 4.69) is 36.3 Å². The van der Waals surface area contributed by atoms with Crippen molar-refractivity contribution in [2.75, 3.05) is 0 Å². The van der Waals surface area contributed by atoms with Crippen molar-refractivity contribution in [2.45, 2.75) is 11.8 Å². The maximum absolute atomic E-state index is 12.8. The van der Waals surface area contributed by atoms with E-state index >= 15 is 0 Å². The number of hydroxylamine groups is 1. The molecule has 0 saturated heterocycles. The quantitative estimate of drug-likeness (QED) is 0.651. The van der Waals surface area contributed by atoms with Crippen LogP contribution in [-0.4, -0.2) is 5.97 Å². The van der Waals surface area contributed by atoms with Crippen LogP contribution in [0.25, 0.3) is 5.70 Å². The molecule has 0 spiro atoms. The Morgan fingerprint density at radius 3 is 1.85 bits per heavy atom. The smallest absolute Gasteiger partial charge is 0.336 e. The molecule has 3 aromatic rings. The van der Waals surface area contributed by atoms with E-state index < -0.39 is 0 Å². The predicted octanol–water partition coefficient (Wildman–Crippen LogP) is 4.71. The summed E-state index contributed by atoms with van der Waals surface area (Å²) in [6, 6.07) is 29.9. The summed E-state index contributed by atoms with van der Waals surface area (Å²) in [5.41, 5.74) is 6.12. The van der Waals surface area contributed by atoms with Crippen molar-refractivity contribution in [3.05, 3.63) is 114 Å². The van der Waals surface area contributed by atoms with Gasteiger partial charge in [-0.05, 0) is 17.5 Å². The van der Waals surface area contributed by atoms with Gasteiger partial charge in [0.15, 0.2) is 0 Å². The fourth-order valence-corrected chi connectivity index (χ4v) is 3.70. The third kappa shape index (κ3) is 3.24. The first-order chi connectivity index (χ1) is 13.2. The van der Waals surface area contributed by atoms with E-state index in [1.165, 1.54) is 0 Å². The second-order valence-electron chi connectivity index (χ2n) is 6.83. The number of carbonyl (C=O) groups excluding carboxylic acids is 1. The Kier molecular flexibility index (Phi) is 4.51. The molecule has 3 heteroatoms. The maximum atomic E-state index is 12.8. The van der Waals surface area contributed by atoms with Crippen molar-refractivity contribution < 1.29 is 9.63 Å². The Bertz CT molecular complexity index is 896. The van der Waals surface area contributed by atoms with Crippen molar-refractivity contribution in [3.8, 4) is 0 Å². The number of nitrogens with one attached hydrogen (secondary N) is 1. The van der Waals surface area contributed by atoms with Gasteiger partial charge in [-0.15, -0.1) is 0 Å². The molecule has 0 radical (unpaired) electrons. The summed E-state index contributed by atoms with van der Waals surface area (Å²) >= 11 is 0. The largest absolute Gasteiger partial charge is 0.343 e. The summed E-state index contributed by atoms with van der Waals surface area (Å²) in [7, 11) is 0. The molecule has 134 valence electrons. The number of benzene rings is 3. The second kappa shape index (κ2) is 7.12. The van der Waals surface area contributed by atoms with Gasteiger partial charge < -0.3 is 4.84 Å². The highest BCUT2D eigenvalue weighted by Crippen LogP contribution is 2.59. The second-order valence-corrected chi connectivity index (χ2v) is 6.83. The molecule has 1 atom stereocenters. The molecular formula is C24H21NO2. The third-order valence-corrected chi connectivity index (χ3v) is 5.22. The number of carbonyl (C=O) groups is 1. The Labute approximate surface area is 159 Å². The highest BCUT2D eigenvalue weighted by molar-refractivity contribution is 5.81. The van der Waals surface area contributed by atoms with Gasteiger partial charge in [-0.25, -0.2) is 10.3 Å². The number of hydrogen-bond acceptors (Lipinski definition) is 3. The number of rotatable bonds is 6. The fourth-order valence-electron chi connectivity index (χ4n) is 3.70. The zero-order chi connectivity index (χ0) is 18.7. The van der Waals surface area contributed by atoms with Gasteiger partial charge in [-0.2, -0.15) is 0 Å². The molecule has 0 heterocycles. The minimum atomic E-state index is -0.324. The van der Waals surface area contributed by atoms with Crippen LogP contribution in [0, 0.1) is 5.92 Å².